The minimum Gasteiger partial charge on any atom is -0.354 e. The molecule has 6 nitrogen and oxygen atoms in total. The van der Waals surface area contributed by atoms with Gasteiger partial charge in [0.25, 0.3) is 0 Å². The van der Waals surface area contributed by atoms with Gasteiger partial charge in [-0.25, -0.2) is 0 Å². The van der Waals surface area contributed by atoms with Crippen molar-refractivity contribution in [1.29, 1.82) is 0 Å². The molecule has 2 aliphatic heterocycles. The molecule has 32 heavy (non-hydrogen) atoms. The monoisotopic (exact) mass is 444 g/mol. The van der Waals surface area contributed by atoms with E-state index in [1.165, 1.54) is 45.1 Å². The molecule has 180 valence electrons. The number of amides is 2. The van der Waals surface area contributed by atoms with Gasteiger partial charge in [0, 0.05) is 30.5 Å². The average Bonchev–Trinajstić information content (AvgIpc) is 3.64. The lowest BCUT2D eigenvalue weighted by Gasteiger charge is -2.39. The number of rotatable bonds is 6. The number of hydrogen-bond donors (Lipinski definition) is 4. The van der Waals surface area contributed by atoms with E-state index in [4.69, 9.17) is 0 Å². The third-order valence-electron chi connectivity index (χ3n) is 9.44. The van der Waals surface area contributed by atoms with Gasteiger partial charge < -0.3 is 21.3 Å². The van der Waals surface area contributed by atoms with Crippen LogP contribution in [0.2, 0.25) is 0 Å². The van der Waals surface area contributed by atoms with Crippen LogP contribution in [0.3, 0.4) is 0 Å². The van der Waals surface area contributed by atoms with Gasteiger partial charge >= 0.3 is 0 Å². The normalized spacial score (nSPS) is 41.9. The first-order valence-electron chi connectivity index (χ1n) is 13.7. The minimum atomic E-state index is 0.182. The van der Waals surface area contributed by atoms with Gasteiger partial charge in [-0.1, -0.05) is 6.42 Å². The molecule has 0 bridgehead atoms. The zero-order valence-electron chi connectivity index (χ0n) is 19.7. The predicted molar refractivity (Wildman–Crippen MR) is 126 cm³/mol. The van der Waals surface area contributed by atoms with E-state index in [-0.39, 0.29) is 17.7 Å². The van der Waals surface area contributed by atoms with Crippen molar-refractivity contribution in [3.8, 4) is 0 Å². The van der Waals surface area contributed by atoms with E-state index in [1.807, 2.05) is 0 Å². The van der Waals surface area contributed by atoms with Crippen LogP contribution in [0.25, 0.3) is 0 Å². The zero-order chi connectivity index (χ0) is 21.9. The maximum Gasteiger partial charge on any atom is 0.223 e. The van der Waals surface area contributed by atoms with Gasteiger partial charge in [0.15, 0.2) is 0 Å². The molecule has 0 aromatic heterocycles. The number of carbonyl (C=O) groups is 2. The second kappa shape index (κ2) is 10.4. The van der Waals surface area contributed by atoms with Crippen LogP contribution in [0.15, 0.2) is 0 Å². The Morgan fingerprint density at radius 1 is 0.781 bits per heavy atom. The summed E-state index contributed by atoms with van der Waals surface area (Å²) in [6, 6.07) is 0.862. The number of carbonyl (C=O) groups excluding carboxylic acids is 2. The van der Waals surface area contributed by atoms with Crippen molar-refractivity contribution in [3.63, 3.8) is 0 Å². The Morgan fingerprint density at radius 2 is 1.62 bits per heavy atom. The smallest absolute Gasteiger partial charge is 0.223 e. The van der Waals surface area contributed by atoms with Crippen LogP contribution < -0.4 is 21.3 Å². The number of fused-ring (bicyclic) bond motifs is 1. The summed E-state index contributed by atoms with van der Waals surface area (Å²) in [5, 5.41) is 13.7. The van der Waals surface area contributed by atoms with Crippen LogP contribution in [0.1, 0.15) is 77.0 Å². The second-order valence-corrected chi connectivity index (χ2v) is 11.5. The van der Waals surface area contributed by atoms with E-state index >= 15 is 0 Å². The molecule has 2 saturated heterocycles. The SMILES string of the molecule is O=C(NCC1CCCCN1)C1CCC(C2CC2C(=O)NC2CCC3CNCCC3C2)CC1. The molecular formula is C26H44N4O2. The highest BCUT2D eigenvalue weighted by Gasteiger charge is 2.49. The highest BCUT2D eigenvalue weighted by Crippen LogP contribution is 2.50. The summed E-state index contributed by atoms with van der Waals surface area (Å²) in [6.07, 6.45) is 13.9. The number of hydrogen-bond acceptors (Lipinski definition) is 4. The lowest BCUT2D eigenvalue weighted by Crippen LogP contribution is -2.46. The van der Waals surface area contributed by atoms with Crippen molar-refractivity contribution < 1.29 is 9.59 Å². The molecule has 5 aliphatic rings. The topological polar surface area (TPSA) is 82.3 Å². The molecule has 6 atom stereocenters. The van der Waals surface area contributed by atoms with E-state index in [0.29, 0.717) is 29.8 Å². The molecule has 4 N–H and O–H groups in total. The molecule has 3 saturated carbocycles. The fourth-order valence-corrected chi connectivity index (χ4v) is 7.28. The Balaban J connectivity index is 0.998. The Labute approximate surface area is 193 Å². The van der Waals surface area contributed by atoms with Gasteiger partial charge in [0.05, 0.1) is 0 Å². The lowest BCUT2D eigenvalue weighted by atomic mass is 9.73. The Hall–Kier alpha value is -1.14. The Bertz CT molecular complexity index is 656. The lowest BCUT2D eigenvalue weighted by molar-refractivity contribution is -0.127. The molecule has 0 spiro atoms. The zero-order valence-corrected chi connectivity index (χ0v) is 19.7. The van der Waals surface area contributed by atoms with Crippen molar-refractivity contribution in [2.75, 3.05) is 26.2 Å². The van der Waals surface area contributed by atoms with Crippen LogP contribution in [0.4, 0.5) is 0 Å². The van der Waals surface area contributed by atoms with Gasteiger partial charge in [0.1, 0.15) is 0 Å². The van der Waals surface area contributed by atoms with Crippen molar-refractivity contribution in [3.05, 3.63) is 0 Å². The summed E-state index contributed by atoms with van der Waals surface area (Å²) in [4.78, 5) is 25.5. The molecule has 2 amide bonds. The van der Waals surface area contributed by atoms with Crippen LogP contribution >= 0.6 is 0 Å². The molecule has 5 rings (SSSR count). The second-order valence-electron chi connectivity index (χ2n) is 11.5. The van der Waals surface area contributed by atoms with Crippen molar-refractivity contribution in [2.45, 2.75) is 89.1 Å². The highest BCUT2D eigenvalue weighted by atomic mass is 16.2. The molecule has 3 aliphatic carbocycles. The summed E-state index contributed by atoms with van der Waals surface area (Å²) in [5.41, 5.74) is 0. The van der Waals surface area contributed by atoms with E-state index in [9.17, 15) is 9.59 Å². The Kier molecular flexibility index (Phi) is 7.37. The van der Waals surface area contributed by atoms with Crippen molar-refractivity contribution in [1.82, 2.24) is 21.3 Å². The van der Waals surface area contributed by atoms with Crippen LogP contribution in [0, 0.1) is 35.5 Å². The Morgan fingerprint density at radius 3 is 2.44 bits per heavy atom. The van der Waals surface area contributed by atoms with Crippen LogP contribution in [0.5, 0.6) is 0 Å². The summed E-state index contributed by atoms with van der Waals surface area (Å²) in [6.45, 7) is 4.18. The summed E-state index contributed by atoms with van der Waals surface area (Å²) >= 11 is 0. The molecule has 0 radical (unpaired) electrons. The third kappa shape index (κ3) is 5.49. The largest absolute Gasteiger partial charge is 0.354 e. The van der Waals surface area contributed by atoms with Crippen LogP contribution in [-0.2, 0) is 9.59 Å². The molecule has 6 heteroatoms. The number of nitrogens with one attached hydrogen (secondary N) is 4. The van der Waals surface area contributed by atoms with Crippen molar-refractivity contribution >= 4 is 11.8 Å². The van der Waals surface area contributed by atoms with E-state index in [2.05, 4.69) is 21.3 Å². The molecule has 0 aromatic carbocycles. The van der Waals surface area contributed by atoms with Gasteiger partial charge in [-0.05, 0) is 114 Å². The standard InChI is InChI=1S/C26H44N4O2/c31-25(29-16-22-3-1-2-11-28-22)18-6-4-17(5-7-18)23-14-24(23)26(32)30-21-9-8-20-15-27-12-10-19(20)13-21/h17-24,27-28H,1-16H2,(H,29,31)(H,30,32). The first-order chi connectivity index (χ1) is 15.7. The summed E-state index contributed by atoms with van der Waals surface area (Å²) in [5.74, 6) is 3.87. The average molecular weight is 445 g/mol. The van der Waals surface area contributed by atoms with E-state index in [1.54, 1.807) is 0 Å². The summed E-state index contributed by atoms with van der Waals surface area (Å²) in [7, 11) is 0. The number of piperidine rings is 2. The van der Waals surface area contributed by atoms with Crippen LogP contribution in [-0.4, -0.2) is 50.1 Å². The van der Waals surface area contributed by atoms with Gasteiger partial charge in [-0.15, -0.1) is 0 Å². The maximum absolute atomic E-state index is 12.9. The minimum absolute atomic E-state index is 0.182. The summed E-state index contributed by atoms with van der Waals surface area (Å²) < 4.78 is 0. The van der Waals surface area contributed by atoms with Crippen molar-refractivity contribution in [2.24, 2.45) is 35.5 Å². The fraction of sp³-hybridized carbons (Fsp3) is 0.923. The van der Waals surface area contributed by atoms with Gasteiger partial charge in [0.2, 0.25) is 11.8 Å². The highest BCUT2D eigenvalue weighted by molar-refractivity contribution is 5.82. The molecular weight excluding hydrogens is 400 g/mol. The first-order valence-corrected chi connectivity index (χ1v) is 13.7. The quantitative estimate of drug-likeness (QED) is 0.508. The molecule has 0 aromatic rings. The first kappa shape index (κ1) is 22.6. The molecule has 2 heterocycles. The third-order valence-corrected chi connectivity index (χ3v) is 9.44. The van der Waals surface area contributed by atoms with E-state index in [0.717, 1.165) is 70.0 Å². The van der Waals surface area contributed by atoms with E-state index < -0.39 is 0 Å². The molecule has 6 unspecified atom stereocenters. The van der Waals surface area contributed by atoms with Gasteiger partial charge in [-0.3, -0.25) is 9.59 Å². The van der Waals surface area contributed by atoms with Gasteiger partial charge in [-0.2, -0.15) is 0 Å². The fourth-order valence-electron chi connectivity index (χ4n) is 7.28. The maximum atomic E-state index is 12.9. The molecule has 5 fully saturated rings. The predicted octanol–water partition coefficient (Wildman–Crippen LogP) is 2.58.